The predicted octanol–water partition coefficient (Wildman–Crippen LogP) is 2.25. The number of fused-ring (bicyclic) bond motifs is 1. The van der Waals surface area contributed by atoms with Crippen LogP contribution in [0.25, 0.3) is 10.9 Å². The second-order valence-corrected chi connectivity index (χ2v) is 15.9. The van der Waals surface area contributed by atoms with Gasteiger partial charge in [0.15, 0.2) is 0 Å². The van der Waals surface area contributed by atoms with E-state index in [1.54, 1.807) is 6.92 Å². The topological polar surface area (TPSA) is 242 Å². The third kappa shape index (κ3) is 5.35. The normalized spacial score (nSPS) is 22.8. The number of carbonyl (C=O) groups excluding carboxylic acids is 1. The number of carboxylic acid groups (broad SMARTS) is 1. The van der Waals surface area contributed by atoms with Crippen molar-refractivity contribution >= 4 is 55.4 Å². The number of benzene rings is 1. The van der Waals surface area contributed by atoms with Crippen LogP contribution in [0.1, 0.15) is 54.6 Å². The largest absolute Gasteiger partial charge is 0.477 e. The molecule has 0 radical (unpaired) electrons. The second-order valence-electron chi connectivity index (χ2n) is 11.6. The highest BCUT2D eigenvalue weighted by Crippen LogP contribution is 2.71. The molecule has 8 N–H and O–H groups in total. The van der Waals surface area contributed by atoms with Crippen LogP contribution in [0.15, 0.2) is 17.1 Å². The van der Waals surface area contributed by atoms with E-state index in [0.717, 1.165) is 6.20 Å². The smallest absolute Gasteiger partial charge is 0.409 e. The number of carbonyl (C=O) groups is 2. The van der Waals surface area contributed by atoms with Gasteiger partial charge in [0.2, 0.25) is 5.43 Å². The van der Waals surface area contributed by atoms with Gasteiger partial charge in [0.25, 0.3) is 0 Å². The number of aromatic nitrogens is 1. The lowest BCUT2D eigenvalue weighted by atomic mass is 10.0. The minimum atomic E-state index is -5.73. The van der Waals surface area contributed by atoms with E-state index in [1.807, 2.05) is 4.90 Å². The highest BCUT2D eigenvalue weighted by molar-refractivity contribution is 7.72. The van der Waals surface area contributed by atoms with Gasteiger partial charge >= 0.3 is 32.3 Å². The van der Waals surface area contributed by atoms with Crippen LogP contribution in [0, 0.1) is 5.41 Å². The molecule has 1 aromatic heterocycles. The van der Waals surface area contributed by atoms with E-state index in [9.17, 15) is 52.6 Å². The van der Waals surface area contributed by atoms with Gasteiger partial charge < -0.3 is 49.9 Å². The number of carboxylic acids is 1. The van der Waals surface area contributed by atoms with E-state index in [-0.39, 0.29) is 28.9 Å². The molecule has 3 fully saturated rings. The molecule has 2 heterocycles. The first kappa shape index (κ1) is 32.8. The second kappa shape index (κ2) is 11.1. The standard InChI is InChI=1S/C25H32ClFN4O11P2/c1-2-12-7-13-20(31(16-8-15(16)27)9-14(21(13)32)22(33)34)18(26)19(12)30-10-17(24(11-30)3-4-24)29-23(35)42-25(5-6-28,43(36,37)38)44(39,40)41/h7,9,15-17H,2-6,8,10-11,28H2,1H3,(H,29,35)(H,33,34)(H2,36,37,38)(H2,39,40,41)/t15-,16?,17+/m0/s1. The number of nitrogens with zero attached hydrogens (tertiary/aromatic N) is 2. The Morgan fingerprint density at radius 1 is 1.25 bits per heavy atom. The molecule has 2 saturated carbocycles. The zero-order chi connectivity index (χ0) is 32.6. The number of pyridine rings is 1. The average Bonchev–Trinajstić information content (AvgIpc) is 3.81. The maximum absolute atomic E-state index is 14.2. The summed E-state index contributed by atoms with van der Waals surface area (Å²) in [6.45, 7) is 1.63. The van der Waals surface area contributed by atoms with E-state index < -0.39 is 80.0 Å². The molecule has 3 aliphatic rings. The summed E-state index contributed by atoms with van der Waals surface area (Å²) in [7, 11) is -11.5. The number of halogens is 2. The minimum Gasteiger partial charge on any atom is -0.477 e. The Kier molecular flexibility index (Phi) is 8.25. The Morgan fingerprint density at radius 2 is 1.86 bits per heavy atom. The lowest BCUT2D eigenvalue weighted by molar-refractivity contribution is 0.0694. The summed E-state index contributed by atoms with van der Waals surface area (Å²) in [4.78, 5) is 78.9. The van der Waals surface area contributed by atoms with Crippen molar-refractivity contribution in [2.45, 2.75) is 62.4 Å². The number of alkyl carbamates (subject to hydrolysis) is 1. The van der Waals surface area contributed by atoms with Gasteiger partial charge in [-0.25, -0.2) is 14.0 Å². The summed E-state index contributed by atoms with van der Waals surface area (Å²) in [6, 6.07) is 0.127. The summed E-state index contributed by atoms with van der Waals surface area (Å²) in [5, 5.41) is 8.77. The fraction of sp³-hybridized carbons (Fsp3) is 0.560. The molecule has 1 saturated heterocycles. The number of alkyl halides is 1. The highest BCUT2D eigenvalue weighted by Gasteiger charge is 2.64. The molecule has 44 heavy (non-hydrogen) atoms. The van der Waals surface area contributed by atoms with Crippen molar-refractivity contribution in [3.05, 3.63) is 38.6 Å². The maximum Gasteiger partial charge on any atom is 0.409 e. The molecule has 3 atom stereocenters. The van der Waals surface area contributed by atoms with Crippen LogP contribution in [0.4, 0.5) is 14.9 Å². The molecule has 5 rings (SSSR count). The van der Waals surface area contributed by atoms with E-state index in [4.69, 9.17) is 22.1 Å². The number of anilines is 1. The lowest BCUT2D eigenvalue weighted by Gasteiger charge is -2.34. The molecule has 2 aromatic rings. The zero-order valence-corrected chi connectivity index (χ0v) is 25.9. The van der Waals surface area contributed by atoms with Crippen molar-refractivity contribution in [2.24, 2.45) is 11.1 Å². The van der Waals surface area contributed by atoms with Gasteiger partial charge in [-0.15, -0.1) is 0 Å². The molecular formula is C25H32ClFN4O11P2. The first-order valence-corrected chi connectivity index (χ1v) is 17.3. The predicted molar refractivity (Wildman–Crippen MR) is 156 cm³/mol. The first-order chi connectivity index (χ1) is 20.4. The van der Waals surface area contributed by atoms with Crippen molar-refractivity contribution < 1.29 is 52.5 Å². The fourth-order valence-electron chi connectivity index (χ4n) is 6.12. The lowest BCUT2D eigenvalue weighted by Crippen LogP contribution is -2.46. The highest BCUT2D eigenvalue weighted by atomic mass is 35.5. The molecule has 1 unspecified atom stereocenters. The fourth-order valence-corrected chi connectivity index (χ4v) is 9.17. The average molecular weight is 681 g/mol. The van der Waals surface area contributed by atoms with Gasteiger partial charge in [-0.3, -0.25) is 13.9 Å². The van der Waals surface area contributed by atoms with Crippen molar-refractivity contribution in [1.82, 2.24) is 9.88 Å². The molecule has 1 aliphatic heterocycles. The third-order valence-electron chi connectivity index (χ3n) is 8.74. The van der Waals surface area contributed by atoms with Gasteiger partial charge in [-0.05, 0) is 37.4 Å². The van der Waals surface area contributed by atoms with E-state index in [1.165, 1.54) is 10.6 Å². The Labute approximate surface area is 254 Å². The van der Waals surface area contributed by atoms with E-state index >= 15 is 0 Å². The van der Waals surface area contributed by atoms with Crippen LogP contribution in [0.3, 0.4) is 0 Å². The number of nitrogens with one attached hydrogen (secondary N) is 1. The Morgan fingerprint density at radius 3 is 2.34 bits per heavy atom. The van der Waals surface area contributed by atoms with Crippen LogP contribution in [0.5, 0.6) is 0 Å². The molecule has 1 aromatic carbocycles. The summed E-state index contributed by atoms with van der Waals surface area (Å²) >= 11 is 6.96. The first-order valence-electron chi connectivity index (χ1n) is 13.7. The van der Waals surface area contributed by atoms with Crippen molar-refractivity contribution in [2.75, 3.05) is 24.5 Å². The number of rotatable bonds is 10. The van der Waals surface area contributed by atoms with Gasteiger partial charge in [0.05, 0.1) is 28.3 Å². The number of hydrogen-bond acceptors (Lipinski definition) is 8. The number of aryl methyl sites for hydroxylation is 1. The van der Waals surface area contributed by atoms with Crippen molar-refractivity contribution in [1.29, 1.82) is 0 Å². The van der Waals surface area contributed by atoms with Crippen LogP contribution in [0.2, 0.25) is 5.02 Å². The number of nitrogens with two attached hydrogens (primary N) is 1. The summed E-state index contributed by atoms with van der Waals surface area (Å²) in [6.07, 6.45) is -0.867. The number of amides is 1. The van der Waals surface area contributed by atoms with Crippen molar-refractivity contribution in [3.8, 4) is 0 Å². The molecule has 15 nitrogen and oxygen atoms in total. The van der Waals surface area contributed by atoms with Gasteiger partial charge in [-0.1, -0.05) is 18.5 Å². The summed E-state index contributed by atoms with van der Waals surface area (Å²) in [5.74, 6) is -1.45. The Bertz CT molecular complexity index is 1680. The van der Waals surface area contributed by atoms with Crippen LogP contribution < -0.4 is 21.4 Å². The SMILES string of the molecule is CCc1cc2c(=O)c(C(=O)O)cn(C3C[C@@H]3F)c2c(Cl)c1N1C[C@@H](NC(=O)OC(CCN)(P(=O)(O)O)P(=O)(O)O)C2(CC2)C1. The van der Waals surface area contributed by atoms with Gasteiger partial charge in [0, 0.05) is 42.9 Å². The summed E-state index contributed by atoms with van der Waals surface area (Å²) in [5.41, 5.74) is 4.79. The monoisotopic (exact) mass is 680 g/mol. The Balaban J connectivity index is 1.52. The Hall–Kier alpha value is -2.55. The zero-order valence-electron chi connectivity index (χ0n) is 23.4. The third-order valence-corrected chi connectivity index (χ3v) is 13.1. The molecule has 1 amide bonds. The summed E-state index contributed by atoms with van der Waals surface area (Å²) < 4.78 is 44.8. The van der Waals surface area contributed by atoms with E-state index in [0.29, 0.717) is 37.1 Å². The molecule has 19 heteroatoms. The van der Waals surface area contributed by atoms with E-state index in [2.05, 4.69) is 5.32 Å². The minimum absolute atomic E-state index is 0.0271. The molecule has 0 bridgehead atoms. The maximum atomic E-state index is 14.2. The van der Waals surface area contributed by atoms with Gasteiger partial charge in [-0.2, -0.15) is 0 Å². The van der Waals surface area contributed by atoms with Crippen LogP contribution in [-0.4, -0.2) is 78.2 Å². The number of aromatic carboxylic acids is 1. The van der Waals surface area contributed by atoms with Crippen molar-refractivity contribution in [3.63, 3.8) is 0 Å². The molecule has 242 valence electrons. The van der Waals surface area contributed by atoms with Gasteiger partial charge in [0.1, 0.15) is 11.7 Å². The quantitative estimate of drug-likeness (QED) is 0.178. The molecule has 2 aliphatic carbocycles. The number of hydrogen-bond donors (Lipinski definition) is 7. The number of ether oxygens (including phenoxy) is 1. The molecular weight excluding hydrogens is 649 g/mol. The molecule has 1 spiro atoms. The van der Waals surface area contributed by atoms with Crippen LogP contribution in [-0.2, 0) is 20.3 Å². The van der Waals surface area contributed by atoms with Crippen LogP contribution >= 0.6 is 26.8 Å².